The molecule has 1 aromatic heterocycles. The summed E-state index contributed by atoms with van der Waals surface area (Å²) >= 11 is 0. The minimum Gasteiger partial charge on any atom is -0.494 e. The Morgan fingerprint density at radius 2 is 2.09 bits per heavy atom. The maximum absolute atomic E-state index is 14.4. The number of hydrogen-bond acceptors (Lipinski definition) is 3. The molecular formula is C17H21FN2O2. The Bertz CT molecular complexity index is 648. The van der Waals surface area contributed by atoms with E-state index in [1.165, 1.54) is 13.5 Å². The van der Waals surface area contributed by atoms with Crippen LogP contribution < -0.4 is 4.74 Å². The highest BCUT2D eigenvalue weighted by Gasteiger charge is 2.30. The Kier molecular flexibility index (Phi) is 4.16. The van der Waals surface area contributed by atoms with Gasteiger partial charge in [0.25, 0.3) is 0 Å². The molecule has 0 aliphatic heterocycles. The van der Waals surface area contributed by atoms with Gasteiger partial charge in [-0.3, -0.25) is 0 Å². The van der Waals surface area contributed by atoms with Crippen LogP contribution in [0.5, 0.6) is 5.75 Å². The largest absolute Gasteiger partial charge is 0.494 e. The van der Waals surface area contributed by atoms with Crippen molar-refractivity contribution in [2.45, 2.75) is 44.2 Å². The molecular weight excluding hydrogens is 283 g/mol. The van der Waals surface area contributed by atoms with Crippen molar-refractivity contribution in [3.05, 3.63) is 36.4 Å². The van der Waals surface area contributed by atoms with Crippen LogP contribution in [0.15, 0.2) is 30.6 Å². The van der Waals surface area contributed by atoms with Crippen molar-refractivity contribution >= 4 is 0 Å². The van der Waals surface area contributed by atoms with Gasteiger partial charge in [0.1, 0.15) is 5.82 Å². The van der Waals surface area contributed by atoms with Gasteiger partial charge in [-0.05, 0) is 25.0 Å². The number of halogens is 1. The molecule has 1 heterocycles. The van der Waals surface area contributed by atoms with Gasteiger partial charge in [0.05, 0.1) is 24.8 Å². The third kappa shape index (κ3) is 2.86. The summed E-state index contributed by atoms with van der Waals surface area (Å²) in [5.41, 5.74) is -0.327. The number of rotatable bonds is 4. The summed E-state index contributed by atoms with van der Waals surface area (Å²) in [6.07, 6.45) is 8.24. The van der Waals surface area contributed by atoms with Crippen molar-refractivity contribution in [1.29, 1.82) is 0 Å². The van der Waals surface area contributed by atoms with Gasteiger partial charge in [-0.1, -0.05) is 25.3 Å². The predicted octanol–water partition coefficient (Wildman–Crippen LogP) is 3.39. The van der Waals surface area contributed by atoms with Gasteiger partial charge in [-0.15, -0.1) is 0 Å². The molecule has 4 nitrogen and oxygen atoms in total. The molecule has 1 aliphatic carbocycles. The number of aliphatic hydroxyl groups is 1. The van der Waals surface area contributed by atoms with Crippen LogP contribution in [-0.2, 0) is 6.54 Å². The summed E-state index contributed by atoms with van der Waals surface area (Å²) in [5, 5.41) is 10.7. The fourth-order valence-electron chi connectivity index (χ4n) is 3.21. The van der Waals surface area contributed by atoms with Crippen LogP contribution in [0.4, 0.5) is 4.39 Å². The van der Waals surface area contributed by atoms with Gasteiger partial charge in [0.2, 0.25) is 0 Å². The second kappa shape index (κ2) is 6.08. The molecule has 0 amide bonds. The smallest absolute Gasteiger partial charge is 0.175 e. The van der Waals surface area contributed by atoms with Crippen molar-refractivity contribution in [3.8, 4) is 17.1 Å². The molecule has 0 spiro atoms. The average molecular weight is 304 g/mol. The molecule has 1 aliphatic rings. The fraction of sp³-hybridized carbons (Fsp3) is 0.471. The van der Waals surface area contributed by atoms with Crippen molar-refractivity contribution in [1.82, 2.24) is 9.55 Å². The van der Waals surface area contributed by atoms with Gasteiger partial charge in [-0.2, -0.15) is 0 Å². The number of methoxy groups -OCH3 is 1. The monoisotopic (exact) mass is 304 g/mol. The van der Waals surface area contributed by atoms with E-state index in [4.69, 9.17) is 4.74 Å². The van der Waals surface area contributed by atoms with E-state index in [1.807, 2.05) is 4.57 Å². The minimum absolute atomic E-state index is 0.198. The first-order valence-corrected chi connectivity index (χ1v) is 7.69. The second-order valence-corrected chi connectivity index (χ2v) is 5.99. The Balaban J connectivity index is 1.92. The second-order valence-electron chi connectivity index (χ2n) is 5.99. The Morgan fingerprint density at radius 1 is 1.32 bits per heavy atom. The molecule has 0 unspecified atom stereocenters. The van der Waals surface area contributed by atoms with Crippen molar-refractivity contribution < 1.29 is 14.2 Å². The summed E-state index contributed by atoms with van der Waals surface area (Å²) < 4.78 is 21.3. The van der Waals surface area contributed by atoms with E-state index in [9.17, 15) is 9.50 Å². The van der Waals surface area contributed by atoms with E-state index < -0.39 is 11.4 Å². The lowest BCUT2D eigenvalue weighted by molar-refractivity contribution is -0.0111. The number of ether oxygens (including phenoxy) is 1. The lowest BCUT2D eigenvalue weighted by Gasteiger charge is -2.32. The molecule has 1 N–H and O–H groups in total. The van der Waals surface area contributed by atoms with E-state index in [2.05, 4.69) is 4.98 Å². The molecule has 0 atom stereocenters. The molecule has 2 aromatic rings. The third-order valence-corrected chi connectivity index (χ3v) is 4.39. The molecule has 0 radical (unpaired) electrons. The fourth-order valence-corrected chi connectivity index (χ4v) is 3.21. The van der Waals surface area contributed by atoms with E-state index in [0.717, 1.165) is 25.7 Å². The number of benzene rings is 1. The summed E-state index contributed by atoms with van der Waals surface area (Å²) in [6, 6.07) is 5.01. The number of nitrogens with zero attached hydrogens (tertiary/aromatic N) is 2. The van der Waals surface area contributed by atoms with E-state index in [-0.39, 0.29) is 5.75 Å². The first kappa shape index (κ1) is 15.0. The standard InChI is InChI=1S/C17H21FN2O2/c1-22-14-7-5-6-13(15(14)18)16-19-10-11-20(16)12-17(21)8-3-2-4-9-17/h5-7,10-11,21H,2-4,8-9,12H2,1H3. The highest BCUT2D eigenvalue weighted by atomic mass is 19.1. The summed E-state index contributed by atoms with van der Waals surface area (Å²) in [5.74, 6) is 0.298. The first-order valence-electron chi connectivity index (χ1n) is 7.69. The predicted molar refractivity (Wildman–Crippen MR) is 82.2 cm³/mol. The summed E-state index contributed by atoms with van der Waals surface area (Å²) in [4.78, 5) is 4.28. The van der Waals surface area contributed by atoms with Gasteiger partial charge < -0.3 is 14.4 Å². The van der Waals surface area contributed by atoms with Gasteiger partial charge >= 0.3 is 0 Å². The maximum Gasteiger partial charge on any atom is 0.175 e. The zero-order valence-electron chi connectivity index (χ0n) is 12.8. The van der Waals surface area contributed by atoms with E-state index >= 15 is 0 Å². The summed E-state index contributed by atoms with van der Waals surface area (Å²) in [7, 11) is 1.44. The first-order chi connectivity index (χ1) is 10.6. The molecule has 22 heavy (non-hydrogen) atoms. The quantitative estimate of drug-likeness (QED) is 0.942. The van der Waals surface area contributed by atoms with Crippen LogP contribution in [0.1, 0.15) is 32.1 Å². The van der Waals surface area contributed by atoms with E-state index in [0.29, 0.717) is 17.9 Å². The number of imidazole rings is 1. The lowest BCUT2D eigenvalue weighted by Crippen LogP contribution is -2.36. The normalized spacial score (nSPS) is 17.4. The van der Waals surface area contributed by atoms with Crippen LogP contribution in [0, 0.1) is 5.82 Å². The van der Waals surface area contributed by atoms with Crippen LogP contribution in [0.3, 0.4) is 0 Å². The topological polar surface area (TPSA) is 47.3 Å². The minimum atomic E-state index is -0.719. The summed E-state index contributed by atoms with van der Waals surface area (Å²) in [6.45, 7) is 0.443. The van der Waals surface area contributed by atoms with Crippen molar-refractivity contribution in [2.75, 3.05) is 7.11 Å². The zero-order chi connectivity index (χ0) is 15.6. The van der Waals surface area contributed by atoms with Crippen molar-refractivity contribution in [3.63, 3.8) is 0 Å². The number of hydrogen-bond donors (Lipinski definition) is 1. The molecule has 1 saturated carbocycles. The van der Waals surface area contributed by atoms with Crippen LogP contribution in [-0.4, -0.2) is 27.4 Å². The van der Waals surface area contributed by atoms with Gasteiger partial charge in [0, 0.05) is 12.4 Å². The van der Waals surface area contributed by atoms with Crippen molar-refractivity contribution in [2.24, 2.45) is 0 Å². The van der Waals surface area contributed by atoms with Crippen LogP contribution in [0.2, 0.25) is 0 Å². The molecule has 118 valence electrons. The molecule has 3 rings (SSSR count). The average Bonchev–Trinajstić information content (AvgIpc) is 2.95. The Morgan fingerprint density at radius 3 is 2.82 bits per heavy atom. The molecule has 1 aromatic carbocycles. The van der Waals surface area contributed by atoms with Crippen LogP contribution >= 0.6 is 0 Å². The highest BCUT2D eigenvalue weighted by molar-refractivity contribution is 5.59. The molecule has 1 fully saturated rings. The third-order valence-electron chi connectivity index (χ3n) is 4.39. The maximum atomic E-state index is 14.4. The van der Waals surface area contributed by atoms with Gasteiger partial charge in [0.15, 0.2) is 11.6 Å². The Labute approximate surface area is 129 Å². The van der Waals surface area contributed by atoms with E-state index in [1.54, 1.807) is 30.6 Å². The molecule has 0 bridgehead atoms. The zero-order valence-corrected chi connectivity index (χ0v) is 12.8. The highest BCUT2D eigenvalue weighted by Crippen LogP contribution is 2.32. The number of aromatic nitrogens is 2. The Hall–Kier alpha value is -1.88. The SMILES string of the molecule is COc1cccc(-c2nccn2CC2(O)CCCCC2)c1F. The van der Waals surface area contributed by atoms with Gasteiger partial charge in [-0.25, -0.2) is 9.37 Å². The molecule has 0 saturated heterocycles. The van der Waals surface area contributed by atoms with Crippen LogP contribution in [0.25, 0.3) is 11.4 Å². The molecule has 5 heteroatoms. The lowest BCUT2D eigenvalue weighted by atomic mass is 9.85.